The van der Waals surface area contributed by atoms with Gasteiger partial charge in [0.2, 0.25) is 15.9 Å². The highest BCUT2D eigenvalue weighted by Gasteiger charge is 2.16. The summed E-state index contributed by atoms with van der Waals surface area (Å²) >= 11 is 0. The van der Waals surface area contributed by atoms with Gasteiger partial charge in [0.05, 0.1) is 4.90 Å². The first-order valence-electron chi connectivity index (χ1n) is 7.87. The Bertz CT molecular complexity index is 882. The van der Waals surface area contributed by atoms with Gasteiger partial charge in [-0.05, 0) is 56.2 Å². The van der Waals surface area contributed by atoms with Gasteiger partial charge in [0.15, 0.2) is 0 Å². The molecule has 1 aromatic heterocycles. The Morgan fingerprint density at radius 3 is 2.56 bits per heavy atom. The van der Waals surface area contributed by atoms with E-state index in [1.165, 1.54) is 6.08 Å². The molecule has 0 fully saturated rings. The molecule has 0 saturated heterocycles. The van der Waals surface area contributed by atoms with Crippen molar-refractivity contribution in [3.8, 4) is 0 Å². The molecule has 0 aliphatic rings. The van der Waals surface area contributed by atoms with Crippen molar-refractivity contribution in [1.82, 2.24) is 10.0 Å². The molecule has 0 atom stereocenters. The number of furan rings is 1. The van der Waals surface area contributed by atoms with Crippen molar-refractivity contribution in [2.45, 2.75) is 25.7 Å². The number of rotatable bonds is 7. The summed E-state index contributed by atoms with van der Waals surface area (Å²) in [6, 6.07) is 8.83. The van der Waals surface area contributed by atoms with Gasteiger partial charge in [-0.25, -0.2) is 13.1 Å². The zero-order valence-corrected chi connectivity index (χ0v) is 15.3. The number of carbonyl (C=O) groups is 1. The van der Waals surface area contributed by atoms with E-state index in [2.05, 4.69) is 10.0 Å². The van der Waals surface area contributed by atoms with Crippen molar-refractivity contribution < 1.29 is 17.6 Å². The van der Waals surface area contributed by atoms with E-state index in [9.17, 15) is 13.2 Å². The van der Waals surface area contributed by atoms with E-state index in [-0.39, 0.29) is 23.9 Å². The van der Waals surface area contributed by atoms with Gasteiger partial charge in [0.25, 0.3) is 0 Å². The zero-order chi connectivity index (χ0) is 18.4. The third-order valence-corrected chi connectivity index (χ3v) is 5.11. The maximum Gasteiger partial charge on any atom is 0.244 e. The number of benzene rings is 1. The second kappa shape index (κ2) is 8.13. The second-order valence-corrected chi connectivity index (χ2v) is 7.47. The first-order chi connectivity index (χ1) is 11.8. The molecule has 0 saturated carbocycles. The summed E-state index contributed by atoms with van der Waals surface area (Å²) in [5.41, 5.74) is 1.55. The minimum absolute atomic E-state index is 0.106. The Labute approximate surface area is 148 Å². The monoisotopic (exact) mass is 362 g/mol. The predicted octanol–water partition coefficient (Wildman–Crippen LogP) is 2.31. The summed E-state index contributed by atoms with van der Waals surface area (Å²) in [5, 5.41) is 2.62. The van der Waals surface area contributed by atoms with E-state index in [0.29, 0.717) is 11.3 Å². The molecule has 1 amide bonds. The standard InChI is InChI=1S/C18H22N2O4S/c1-13-4-5-14(2)17(12-13)25(22,23)20-11-10-19-18(21)9-8-16-7-6-15(3)24-16/h4-9,12,20H,10-11H2,1-3H3,(H,19,21). The number of hydrogen-bond donors (Lipinski definition) is 2. The molecule has 2 N–H and O–H groups in total. The quantitative estimate of drug-likeness (QED) is 0.584. The molecule has 134 valence electrons. The molecule has 2 rings (SSSR count). The van der Waals surface area contributed by atoms with Gasteiger partial charge in [-0.3, -0.25) is 4.79 Å². The van der Waals surface area contributed by atoms with Crippen LogP contribution in [0.4, 0.5) is 0 Å². The van der Waals surface area contributed by atoms with Crippen LogP contribution in [-0.2, 0) is 14.8 Å². The van der Waals surface area contributed by atoms with Crippen molar-refractivity contribution in [2.75, 3.05) is 13.1 Å². The van der Waals surface area contributed by atoms with Crippen molar-refractivity contribution in [3.05, 3.63) is 59.1 Å². The molecular formula is C18H22N2O4S. The van der Waals surface area contributed by atoms with Crippen LogP contribution in [-0.4, -0.2) is 27.4 Å². The molecule has 7 heteroatoms. The number of hydrogen-bond acceptors (Lipinski definition) is 4. The summed E-state index contributed by atoms with van der Waals surface area (Å²) in [4.78, 5) is 12.0. The van der Waals surface area contributed by atoms with Crippen molar-refractivity contribution >= 4 is 22.0 Å². The fourth-order valence-electron chi connectivity index (χ4n) is 2.21. The summed E-state index contributed by atoms with van der Waals surface area (Å²) in [5.74, 6) is 1.03. The number of aryl methyl sites for hydroxylation is 3. The van der Waals surface area contributed by atoms with Gasteiger partial charge in [0.1, 0.15) is 11.5 Å². The summed E-state index contributed by atoms with van der Waals surface area (Å²) in [6.07, 6.45) is 2.90. The maximum absolute atomic E-state index is 12.3. The molecule has 1 aromatic carbocycles. The number of sulfonamides is 1. The number of amides is 1. The lowest BCUT2D eigenvalue weighted by Crippen LogP contribution is -2.34. The first-order valence-corrected chi connectivity index (χ1v) is 9.35. The van der Waals surface area contributed by atoms with Crippen LogP contribution < -0.4 is 10.0 Å². The fraction of sp³-hybridized carbons (Fsp3) is 0.278. The average molecular weight is 362 g/mol. The predicted molar refractivity (Wildman–Crippen MR) is 96.6 cm³/mol. The van der Waals surface area contributed by atoms with Crippen molar-refractivity contribution in [3.63, 3.8) is 0 Å². The number of nitrogens with one attached hydrogen (secondary N) is 2. The molecule has 25 heavy (non-hydrogen) atoms. The fourth-order valence-corrected chi connectivity index (χ4v) is 3.56. The van der Waals surface area contributed by atoms with E-state index in [0.717, 1.165) is 11.3 Å². The second-order valence-electron chi connectivity index (χ2n) is 5.74. The van der Waals surface area contributed by atoms with Gasteiger partial charge in [-0.1, -0.05) is 12.1 Å². The highest BCUT2D eigenvalue weighted by atomic mass is 32.2. The van der Waals surface area contributed by atoms with Crippen LogP contribution in [0, 0.1) is 20.8 Å². The topological polar surface area (TPSA) is 88.4 Å². The lowest BCUT2D eigenvalue weighted by Gasteiger charge is -2.10. The van der Waals surface area contributed by atoms with Gasteiger partial charge in [-0.15, -0.1) is 0 Å². The van der Waals surface area contributed by atoms with Crippen LogP contribution in [0.2, 0.25) is 0 Å². The summed E-state index contributed by atoms with van der Waals surface area (Å²) in [7, 11) is -3.60. The largest absolute Gasteiger partial charge is 0.462 e. The lowest BCUT2D eigenvalue weighted by molar-refractivity contribution is -0.116. The van der Waals surface area contributed by atoms with E-state index >= 15 is 0 Å². The van der Waals surface area contributed by atoms with E-state index in [4.69, 9.17) is 4.42 Å². The van der Waals surface area contributed by atoms with Gasteiger partial charge in [0, 0.05) is 19.2 Å². The normalized spacial score (nSPS) is 11.8. The van der Waals surface area contributed by atoms with Crippen LogP contribution in [0.25, 0.3) is 6.08 Å². The zero-order valence-electron chi connectivity index (χ0n) is 14.5. The van der Waals surface area contributed by atoms with Crippen LogP contribution >= 0.6 is 0 Å². The molecule has 0 aliphatic carbocycles. The van der Waals surface area contributed by atoms with Crippen molar-refractivity contribution in [2.24, 2.45) is 0 Å². The smallest absolute Gasteiger partial charge is 0.244 e. The number of carbonyl (C=O) groups excluding carboxylic acids is 1. The molecular weight excluding hydrogens is 340 g/mol. The minimum atomic E-state index is -3.60. The molecule has 0 aliphatic heterocycles. The highest BCUT2D eigenvalue weighted by molar-refractivity contribution is 7.89. The maximum atomic E-state index is 12.3. The SMILES string of the molecule is Cc1ccc(C)c(S(=O)(=O)NCCNC(=O)C=Cc2ccc(C)o2)c1. The molecule has 0 spiro atoms. The Balaban J connectivity index is 1.83. The van der Waals surface area contributed by atoms with E-state index in [1.807, 2.05) is 19.9 Å². The Hall–Kier alpha value is -2.38. The molecule has 0 unspecified atom stereocenters. The molecule has 0 bridgehead atoms. The van der Waals surface area contributed by atoms with Gasteiger partial charge >= 0.3 is 0 Å². The first kappa shape index (κ1) is 19.0. The van der Waals surface area contributed by atoms with Crippen LogP contribution in [0.15, 0.2) is 45.7 Å². The highest BCUT2D eigenvalue weighted by Crippen LogP contribution is 2.16. The minimum Gasteiger partial charge on any atom is -0.462 e. The third kappa shape index (κ3) is 5.58. The Morgan fingerprint density at radius 1 is 1.12 bits per heavy atom. The molecule has 1 heterocycles. The molecule has 6 nitrogen and oxygen atoms in total. The summed E-state index contributed by atoms with van der Waals surface area (Å²) in [6.45, 7) is 5.70. The summed E-state index contributed by atoms with van der Waals surface area (Å²) < 4.78 is 32.4. The van der Waals surface area contributed by atoms with Gasteiger partial charge < -0.3 is 9.73 Å². The molecule has 2 aromatic rings. The van der Waals surface area contributed by atoms with Gasteiger partial charge in [-0.2, -0.15) is 0 Å². The van der Waals surface area contributed by atoms with E-state index < -0.39 is 10.0 Å². The Morgan fingerprint density at radius 2 is 1.88 bits per heavy atom. The van der Waals surface area contributed by atoms with Crippen LogP contribution in [0.3, 0.4) is 0 Å². The van der Waals surface area contributed by atoms with E-state index in [1.54, 1.807) is 37.3 Å². The lowest BCUT2D eigenvalue weighted by atomic mass is 10.2. The average Bonchev–Trinajstić information content (AvgIpc) is 2.97. The van der Waals surface area contributed by atoms with Crippen LogP contribution in [0.1, 0.15) is 22.6 Å². The van der Waals surface area contributed by atoms with Crippen LogP contribution in [0.5, 0.6) is 0 Å². The Kier molecular flexibility index (Phi) is 6.17. The third-order valence-electron chi connectivity index (χ3n) is 3.51. The molecule has 0 radical (unpaired) electrons. The van der Waals surface area contributed by atoms with Crippen molar-refractivity contribution in [1.29, 1.82) is 0 Å².